The molecular weight excluding hydrogens is 356 g/mol. The molecule has 0 atom stereocenters. The summed E-state index contributed by atoms with van der Waals surface area (Å²) in [5.41, 5.74) is 0.664. The molecule has 0 aliphatic heterocycles. The molecule has 1 aromatic heterocycles. The van der Waals surface area contributed by atoms with Gasteiger partial charge in [0.25, 0.3) is 11.1 Å². The maximum Gasteiger partial charge on any atom is 0.316 e. The van der Waals surface area contributed by atoms with Gasteiger partial charge in [-0.15, -0.1) is 10.2 Å². The second kappa shape index (κ2) is 8.93. The summed E-state index contributed by atoms with van der Waals surface area (Å²) in [5.74, 6) is 1.47. The van der Waals surface area contributed by atoms with Crippen LogP contribution in [0.15, 0.2) is 27.8 Å². The summed E-state index contributed by atoms with van der Waals surface area (Å²) in [6.07, 6.45) is 5.45. The Balaban J connectivity index is 1.58. The van der Waals surface area contributed by atoms with Gasteiger partial charge in [0, 0.05) is 6.07 Å². The number of nitrogens with zero attached hydrogens (tertiary/aromatic N) is 2. The van der Waals surface area contributed by atoms with Crippen LogP contribution in [0.25, 0.3) is 11.5 Å². The fourth-order valence-electron chi connectivity index (χ4n) is 2.88. The van der Waals surface area contributed by atoms with Crippen LogP contribution in [0.2, 0.25) is 0 Å². The maximum atomic E-state index is 12.0. The molecule has 7 nitrogen and oxygen atoms in total. The van der Waals surface area contributed by atoms with Gasteiger partial charge in [-0.3, -0.25) is 4.79 Å². The van der Waals surface area contributed by atoms with Crippen molar-refractivity contribution < 1.29 is 23.4 Å². The van der Waals surface area contributed by atoms with Gasteiger partial charge in [-0.1, -0.05) is 18.2 Å². The summed E-state index contributed by atoms with van der Waals surface area (Å²) in [6, 6.07) is 5.32. The number of aromatic nitrogens is 2. The number of carbonyl (C=O) groups is 1. The smallest absolute Gasteiger partial charge is 0.316 e. The first kappa shape index (κ1) is 18.6. The molecule has 0 bridgehead atoms. The average molecular weight is 378 g/mol. The van der Waals surface area contributed by atoms with Crippen molar-refractivity contribution in [1.29, 1.82) is 0 Å². The van der Waals surface area contributed by atoms with Gasteiger partial charge in [0.2, 0.25) is 0 Å². The lowest BCUT2D eigenvalue weighted by molar-refractivity contribution is -0.147. The number of esters is 1. The quantitative estimate of drug-likeness (QED) is 0.532. The fourth-order valence-corrected chi connectivity index (χ4v) is 3.42. The molecule has 0 spiro atoms. The van der Waals surface area contributed by atoms with Gasteiger partial charge in [0.15, 0.2) is 0 Å². The molecule has 0 amide bonds. The third kappa shape index (κ3) is 4.69. The van der Waals surface area contributed by atoms with Gasteiger partial charge in [-0.2, -0.15) is 0 Å². The average Bonchev–Trinajstić information content (AvgIpc) is 3.15. The van der Waals surface area contributed by atoms with Crippen LogP contribution >= 0.6 is 11.8 Å². The van der Waals surface area contributed by atoms with Crippen molar-refractivity contribution >= 4 is 17.7 Å². The molecule has 3 rings (SSSR count). The monoisotopic (exact) mass is 378 g/mol. The highest BCUT2D eigenvalue weighted by molar-refractivity contribution is 7.99. The van der Waals surface area contributed by atoms with Crippen LogP contribution in [0, 0.1) is 0 Å². The Morgan fingerprint density at radius 3 is 2.73 bits per heavy atom. The standard InChI is InChI=1S/C18H22N2O5S/c1-22-13-8-9-14(15(10-13)23-2)17-19-20-18(25-17)26-11-16(21)24-12-6-4-3-5-7-12/h8-10,12H,3-7,11H2,1-2H3. The number of hydrogen-bond donors (Lipinski definition) is 0. The largest absolute Gasteiger partial charge is 0.497 e. The van der Waals surface area contributed by atoms with Crippen LogP contribution in [0.1, 0.15) is 32.1 Å². The summed E-state index contributed by atoms with van der Waals surface area (Å²) in [4.78, 5) is 12.0. The van der Waals surface area contributed by atoms with Crippen molar-refractivity contribution in [1.82, 2.24) is 10.2 Å². The van der Waals surface area contributed by atoms with Crippen LogP contribution in [-0.2, 0) is 9.53 Å². The molecule has 0 N–H and O–H groups in total. The highest BCUT2D eigenvalue weighted by Crippen LogP contribution is 2.33. The predicted octanol–water partition coefficient (Wildman–Crippen LogP) is 3.72. The van der Waals surface area contributed by atoms with Crippen LogP contribution < -0.4 is 9.47 Å². The first-order valence-electron chi connectivity index (χ1n) is 8.58. The number of hydrogen-bond acceptors (Lipinski definition) is 8. The number of methoxy groups -OCH3 is 2. The fraction of sp³-hybridized carbons (Fsp3) is 0.500. The molecule has 1 aliphatic rings. The lowest BCUT2D eigenvalue weighted by Crippen LogP contribution is -2.21. The molecule has 140 valence electrons. The van der Waals surface area contributed by atoms with Crippen LogP contribution in [0.4, 0.5) is 0 Å². The van der Waals surface area contributed by atoms with E-state index in [0.717, 1.165) is 25.7 Å². The summed E-state index contributed by atoms with van der Waals surface area (Å²) in [5, 5.41) is 8.33. The molecule has 8 heteroatoms. The second-order valence-electron chi connectivity index (χ2n) is 5.98. The predicted molar refractivity (Wildman–Crippen MR) is 96.5 cm³/mol. The van der Waals surface area contributed by atoms with E-state index in [0.29, 0.717) is 28.2 Å². The molecule has 0 unspecified atom stereocenters. The third-order valence-electron chi connectivity index (χ3n) is 4.21. The zero-order chi connectivity index (χ0) is 18.4. The minimum atomic E-state index is -0.247. The maximum absolute atomic E-state index is 12.0. The Hall–Kier alpha value is -2.22. The van der Waals surface area contributed by atoms with Crippen molar-refractivity contribution in [3.8, 4) is 23.0 Å². The molecule has 2 aromatic rings. The molecule has 1 heterocycles. The van der Waals surface area contributed by atoms with Crippen LogP contribution in [0.3, 0.4) is 0 Å². The topological polar surface area (TPSA) is 83.7 Å². The lowest BCUT2D eigenvalue weighted by atomic mass is 9.98. The molecular formula is C18H22N2O5S. The first-order chi connectivity index (χ1) is 12.7. The molecule has 0 radical (unpaired) electrons. The van der Waals surface area contributed by atoms with E-state index in [2.05, 4.69) is 10.2 Å². The van der Waals surface area contributed by atoms with Gasteiger partial charge >= 0.3 is 5.97 Å². The highest BCUT2D eigenvalue weighted by atomic mass is 32.2. The van der Waals surface area contributed by atoms with Gasteiger partial charge in [-0.05, 0) is 37.8 Å². The van der Waals surface area contributed by atoms with Crippen LogP contribution in [0.5, 0.6) is 11.5 Å². The van der Waals surface area contributed by atoms with Crippen molar-refractivity contribution in [3.05, 3.63) is 18.2 Å². The van der Waals surface area contributed by atoms with E-state index >= 15 is 0 Å². The Bertz CT molecular complexity index is 743. The Morgan fingerprint density at radius 2 is 2.00 bits per heavy atom. The van der Waals surface area contributed by atoms with E-state index in [-0.39, 0.29) is 17.8 Å². The number of thioether (sulfide) groups is 1. The molecule has 1 aromatic carbocycles. The number of benzene rings is 1. The van der Waals surface area contributed by atoms with E-state index in [9.17, 15) is 4.79 Å². The Labute approximate surface area is 156 Å². The Morgan fingerprint density at radius 1 is 1.19 bits per heavy atom. The van der Waals surface area contributed by atoms with E-state index < -0.39 is 0 Å². The third-order valence-corrected chi connectivity index (χ3v) is 5.00. The lowest BCUT2D eigenvalue weighted by Gasteiger charge is -2.21. The SMILES string of the molecule is COc1ccc(-c2nnc(SCC(=O)OC3CCCCC3)o2)c(OC)c1. The summed E-state index contributed by atoms with van der Waals surface area (Å²) in [6.45, 7) is 0. The van der Waals surface area contributed by atoms with Crippen molar-refractivity contribution in [2.45, 2.75) is 43.4 Å². The molecule has 26 heavy (non-hydrogen) atoms. The minimum Gasteiger partial charge on any atom is -0.497 e. The van der Waals surface area contributed by atoms with Gasteiger partial charge in [0.1, 0.15) is 23.4 Å². The summed E-state index contributed by atoms with van der Waals surface area (Å²) < 4.78 is 21.6. The molecule has 1 fully saturated rings. The van der Waals surface area contributed by atoms with E-state index in [4.69, 9.17) is 18.6 Å². The van der Waals surface area contributed by atoms with Crippen LogP contribution in [-0.4, -0.2) is 42.2 Å². The first-order valence-corrected chi connectivity index (χ1v) is 9.56. The molecule has 0 saturated heterocycles. The number of ether oxygens (including phenoxy) is 3. The number of carbonyl (C=O) groups excluding carboxylic acids is 1. The summed E-state index contributed by atoms with van der Waals surface area (Å²) >= 11 is 1.17. The minimum absolute atomic E-state index is 0.0543. The zero-order valence-corrected chi connectivity index (χ0v) is 15.7. The second-order valence-corrected chi connectivity index (χ2v) is 6.90. The van der Waals surface area contributed by atoms with E-state index in [1.165, 1.54) is 18.2 Å². The van der Waals surface area contributed by atoms with Gasteiger partial charge in [0.05, 0.1) is 19.8 Å². The normalized spacial score (nSPS) is 14.8. The molecule has 1 aliphatic carbocycles. The van der Waals surface area contributed by atoms with E-state index in [1.54, 1.807) is 32.4 Å². The summed E-state index contributed by atoms with van der Waals surface area (Å²) in [7, 11) is 3.15. The zero-order valence-electron chi connectivity index (χ0n) is 14.9. The van der Waals surface area contributed by atoms with Crippen molar-refractivity contribution in [3.63, 3.8) is 0 Å². The highest BCUT2D eigenvalue weighted by Gasteiger charge is 2.19. The van der Waals surface area contributed by atoms with Crippen molar-refractivity contribution in [2.75, 3.05) is 20.0 Å². The molecule has 1 saturated carbocycles. The van der Waals surface area contributed by atoms with Gasteiger partial charge < -0.3 is 18.6 Å². The van der Waals surface area contributed by atoms with Crippen molar-refractivity contribution in [2.24, 2.45) is 0 Å². The van der Waals surface area contributed by atoms with Gasteiger partial charge in [-0.25, -0.2) is 0 Å². The number of rotatable bonds is 7. The Kier molecular flexibility index (Phi) is 6.38. The van der Waals surface area contributed by atoms with E-state index in [1.807, 2.05) is 0 Å².